The van der Waals surface area contributed by atoms with Crippen molar-refractivity contribution in [1.82, 2.24) is 24.1 Å². The van der Waals surface area contributed by atoms with Crippen LogP contribution in [0.5, 0.6) is 0 Å². The standard InChI is InChI=1S/C39H24ClN5/c40-39-42-37(25-12-2-1-3-13-25)41-38(43-39)26-22-27(44-33-18-8-4-14-29(33)30-15-5-9-19-34(30)44)24-28(23-26)45-35-20-10-6-16-31(35)32-17-7-11-21-36(32)45/h1-24H. The molecule has 0 fully saturated rings. The highest BCUT2D eigenvalue weighted by molar-refractivity contribution is 6.28. The molecule has 45 heavy (non-hydrogen) atoms. The summed E-state index contributed by atoms with van der Waals surface area (Å²) < 4.78 is 4.65. The molecular formula is C39H24ClN5. The molecule has 0 radical (unpaired) electrons. The van der Waals surface area contributed by atoms with Crippen molar-refractivity contribution < 1.29 is 0 Å². The van der Waals surface area contributed by atoms with Crippen molar-refractivity contribution in [3.8, 4) is 34.2 Å². The average Bonchev–Trinajstić information content (AvgIpc) is 3.61. The van der Waals surface area contributed by atoms with Crippen LogP contribution in [0.2, 0.25) is 5.28 Å². The zero-order chi connectivity index (χ0) is 29.9. The largest absolute Gasteiger partial charge is 0.309 e. The molecule has 0 spiro atoms. The van der Waals surface area contributed by atoms with Crippen molar-refractivity contribution >= 4 is 55.2 Å². The molecule has 0 N–H and O–H groups in total. The van der Waals surface area contributed by atoms with Crippen molar-refractivity contribution in [1.29, 1.82) is 0 Å². The van der Waals surface area contributed by atoms with E-state index in [1.54, 1.807) is 0 Å². The van der Waals surface area contributed by atoms with Crippen LogP contribution in [0.4, 0.5) is 0 Å². The summed E-state index contributed by atoms with van der Waals surface area (Å²) in [4.78, 5) is 14.1. The van der Waals surface area contributed by atoms with E-state index in [1.807, 2.05) is 30.3 Å². The minimum Gasteiger partial charge on any atom is -0.309 e. The topological polar surface area (TPSA) is 48.5 Å². The van der Waals surface area contributed by atoms with Gasteiger partial charge in [-0.15, -0.1) is 0 Å². The van der Waals surface area contributed by atoms with Crippen LogP contribution in [0.25, 0.3) is 77.8 Å². The Morgan fingerprint density at radius 2 is 0.756 bits per heavy atom. The molecule has 9 aromatic rings. The second kappa shape index (κ2) is 10.2. The summed E-state index contributed by atoms with van der Waals surface area (Å²) in [6.07, 6.45) is 0. The molecule has 212 valence electrons. The highest BCUT2D eigenvalue weighted by atomic mass is 35.5. The van der Waals surface area contributed by atoms with Crippen LogP contribution in [0.15, 0.2) is 146 Å². The molecule has 0 aliphatic heterocycles. The van der Waals surface area contributed by atoms with Crippen LogP contribution >= 0.6 is 11.6 Å². The van der Waals surface area contributed by atoms with Crippen LogP contribution in [0.3, 0.4) is 0 Å². The number of nitrogens with zero attached hydrogens (tertiary/aromatic N) is 5. The molecule has 0 unspecified atom stereocenters. The molecule has 3 heterocycles. The normalized spacial score (nSPS) is 11.7. The van der Waals surface area contributed by atoms with Gasteiger partial charge in [0.2, 0.25) is 5.28 Å². The number of halogens is 1. The van der Waals surface area contributed by atoms with Crippen molar-refractivity contribution in [2.45, 2.75) is 0 Å². The van der Waals surface area contributed by atoms with Gasteiger partial charge >= 0.3 is 0 Å². The van der Waals surface area contributed by atoms with Gasteiger partial charge in [0.05, 0.1) is 22.1 Å². The fraction of sp³-hybridized carbons (Fsp3) is 0. The molecule has 0 atom stereocenters. The van der Waals surface area contributed by atoms with Gasteiger partial charge in [0.25, 0.3) is 0 Å². The summed E-state index contributed by atoms with van der Waals surface area (Å²) in [5.41, 5.74) is 8.23. The first-order chi connectivity index (χ1) is 22.2. The summed E-state index contributed by atoms with van der Waals surface area (Å²) in [7, 11) is 0. The molecule has 0 saturated carbocycles. The molecule has 5 nitrogen and oxygen atoms in total. The maximum absolute atomic E-state index is 6.57. The SMILES string of the molecule is Clc1nc(-c2ccccc2)nc(-c2cc(-n3c4ccccc4c4ccccc43)cc(-n3c4ccccc4c4ccccc43)c2)n1. The van der Waals surface area contributed by atoms with Crippen molar-refractivity contribution in [3.63, 3.8) is 0 Å². The summed E-state index contributed by atoms with van der Waals surface area (Å²) >= 11 is 6.57. The first-order valence-corrected chi connectivity index (χ1v) is 15.2. The van der Waals surface area contributed by atoms with Crippen molar-refractivity contribution in [2.24, 2.45) is 0 Å². The maximum Gasteiger partial charge on any atom is 0.226 e. The first-order valence-electron chi connectivity index (χ1n) is 14.8. The number of benzene rings is 6. The summed E-state index contributed by atoms with van der Waals surface area (Å²) in [6.45, 7) is 0. The lowest BCUT2D eigenvalue weighted by Gasteiger charge is -2.15. The number of fused-ring (bicyclic) bond motifs is 6. The second-order valence-corrected chi connectivity index (χ2v) is 11.4. The van der Waals surface area contributed by atoms with Gasteiger partial charge in [-0.25, -0.2) is 4.98 Å². The van der Waals surface area contributed by atoms with E-state index < -0.39 is 0 Å². The summed E-state index contributed by atoms with van der Waals surface area (Å²) in [5, 5.41) is 4.95. The molecule has 0 aliphatic carbocycles. The lowest BCUT2D eigenvalue weighted by molar-refractivity contribution is 1.06. The van der Waals surface area contributed by atoms with E-state index in [0.717, 1.165) is 44.6 Å². The van der Waals surface area contributed by atoms with E-state index in [1.165, 1.54) is 21.5 Å². The van der Waals surface area contributed by atoms with Gasteiger partial charge in [0.1, 0.15) is 0 Å². The van der Waals surface area contributed by atoms with Gasteiger partial charge < -0.3 is 9.13 Å². The van der Waals surface area contributed by atoms with Crippen LogP contribution in [-0.4, -0.2) is 24.1 Å². The van der Waals surface area contributed by atoms with Gasteiger partial charge in [0.15, 0.2) is 11.6 Å². The predicted molar refractivity (Wildman–Crippen MR) is 184 cm³/mol. The van der Waals surface area contributed by atoms with Crippen molar-refractivity contribution in [3.05, 3.63) is 151 Å². The third kappa shape index (κ3) is 4.13. The zero-order valence-electron chi connectivity index (χ0n) is 24.0. The smallest absolute Gasteiger partial charge is 0.226 e. The van der Waals surface area contributed by atoms with E-state index >= 15 is 0 Å². The molecule has 0 amide bonds. The lowest BCUT2D eigenvalue weighted by atomic mass is 10.1. The molecule has 9 rings (SSSR count). The monoisotopic (exact) mass is 597 g/mol. The third-order valence-corrected chi connectivity index (χ3v) is 8.65. The number of hydrogen-bond donors (Lipinski definition) is 0. The van der Waals surface area contributed by atoms with Gasteiger partial charge in [-0.1, -0.05) is 103 Å². The Bertz CT molecular complexity index is 2330. The molecular weight excluding hydrogens is 574 g/mol. The molecule has 0 saturated heterocycles. The van der Waals surface area contributed by atoms with E-state index in [2.05, 4.69) is 134 Å². The molecule has 3 aromatic heterocycles. The van der Waals surface area contributed by atoms with Gasteiger partial charge in [0, 0.05) is 44.0 Å². The average molecular weight is 598 g/mol. The minimum atomic E-state index is 0.152. The molecule has 0 bridgehead atoms. The Kier molecular flexibility index (Phi) is 5.80. The Morgan fingerprint density at radius 1 is 0.378 bits per heavy atom. The summed E-state index contributed by atoms with van der Waals surface area (Å²) in [6, 6.07) is 50.6. The zero-order valence-corrected chi connectivity index (χ0v) is 24.7. The van der Waals surface area contributed by atoms with E-state index in [0.29, 0.717) is 11.6 Å². The fourth-order valence-corrected chi connectivity index (χ4v) is 6.74. The number of para-hydroxylation sites is 4. The van der Waals surface area contributed by atoms with Crippen LogP contribution < -0.4 is 0 Å². The Balaban J connectivity index is 1.38. The molecule has 6 heteroatoms. The van der Waals surface area contributed by atoms with Gasteiger partial charge in [-0.2, -0.15) is 9.97 Å². The van der Waals surface area contributed by atoms with Crippen LogP contribution in [-0.2, 0) is 0 Å². The van der Waals surface area contributed by atoms with Gasteiger partial charge in [-0.05, 0) is 54.1 Å². The second-order valence-electron chi connectivity index (χ2n) is 11.1. The van der Waals surface area contributed by atoms with Crippen molar-refractivity contribution in [2.75, 3.05) is 0 Å². The quantitative estimate of drug-likeness (QED) is 0.203. The highest BCUT2D eigenvalue weighted by Crippen LogP contribution is 2.37. The molecule has 6 aromatic carbocycles. The number of hydrogen-bond acceptors (Lipinski definition) is 3. The van der Waals surface area contributed by atoms with E-state index in [-0.39, 0.29) is 5.28 Å². The lowest BCUT2D eigenvalue weighted by Crippen LogP contribution is -2.02. The van der Waals surface area contributed by atoms with Crippen LogP contribution in [0, 0.1) is 0 Å². The fourth-order valence-electron chi connectivity index (χ4n) is 6.58. The number of rotatable bonds is 4. The minimum absolute atomic E-state index is 0.152. The number of aromatic nitrogens is 5. The highest BCUT2D eigenvalue weighted by Gasteiger charge is 2.18. The maximum atomic E-state index is 6.57. The molecule has 0 aliphatic rings. The van der Waals surface area contributed by atoms with E-state index in [9.17, 15) is 0 Å². The van der Waals surface area contributed by atoms with Gasteiger partial charge in [-0.3, -0.25) is 0 Å². The summed E-state index contributed by atoms with van der Waals surface area (Å²) in [5.74, 6) is 1.05. The Labute approximate surface area is 263 Å². The van der Waals surface area contributed by atoms with Crippen LogP contribution in [0.1, 0.15) is 0 Å². The predicted octanol–water partition coefficient (Wildman–Crippen LogP) is 10.1. The van der Waals surface area contributed by atoms with E-state index in [4.69, 9.17) is 16.6 Å². The first kappa shape index (κ1) is 25.7. The Morgan fingerprint density at radius 3 is 1.20 bits per heavy atom. The Hall–Kier alpha value is -5.78. The third-order valence-electron chi connectivity index (χ3n) is 8.48.